The van der Waals surface area contributed by atoms with Crippen LogP contribution in [0.25, 0.3) is 0 Å². The van der Waals surface area contributed by atoms with Crippen LogP contribution in [0.3, 0.4) is 0 Å². The van der Waals surface area contributed by atoms with Gasteiger partial charge < -0.3 is 10.6 Å². The van der Waals surface area contributed by atoms with Gasteiger partial charge in [0, 0.05) is 36.9 Å². The molecule has 0 fully saturated rings. The molecule has 5 nitrogen and oxygen atoms in total. The number of hydrogen-bond acceptors (Lipinski definition) is 3. The highest BCUT2D eigenvalue weighted by atomic mass is 35.5. The summed E-state index contributed by atoms with van der Waals surface area (Å²) in [6.07, 6.45) is 1.72. The monoisotopic (exact) mass is 260 g/mol. The van der Waals surface area contributed by atoms with E-state index in [1.165, 1.54) is 0 Å². The molecule has 0 aliphatic rings. The van der Waals surface area contributed by atoms with Crippen molar-refractivity contribution < 1.29 is 4.79 Å². The third-order valence-corrected chi connectivity index (χ3v) is 2.14. The van der Waals surface area contributed by atoms with Gasteiger partial charge in [-0.1, -0.05) is 20.8 Å². The maximum Gasteiger partial charge on any atom is 0.225 e. The van der Waals surface area contributed by atoms with Crippen LogP contribution in [-0.2, 0) is 11.3 Å². The van der Waals surface area contributed by atoms with Crippen LogP contribution >= 0.6 is 12.4 Å². The highest BCUT2D eigenvalue weighted by molar-refractivity contribution is 5.85. The van der Waals surface area contributed by atoms with Gasteiger partial charge in [0.05, 0.1) is 0 Å². The molecular weight excluding hydrogens is 240 g/mol. The van der Waals surface area contributed by atoms with Gasteiger partial charge in [0.1, 0.15) is 0 Å². The summed E-state index contributed by atoms with van der Waals surface area (Å²) in [6.45, 7) is 7.84. The lowest BCUT2D eigenvalue weighted by atomic mass is 9.96. The standard InChI is InChI=1S/C11H20N4O.ClH/c1-11(2,3)10(16)13-7-6-12-8-9-4-5-14-15-9;/h4-5,12H,6-8H2,1-3H3,(H,13,16)(H,14,15);1H. The molecule has 1 heterocycles. The first-order valence-electron chi connectivity index (χ1n) is 5.47. The van der Waals surface area contributed by atoms with Crippen LogP contribution in [0, 0.1) is 5.41 Å². The molecule has 98 valence electrons. The number of aromatic amines is 1. The van der Waals surface area contributed by atoms with E-state index in [1.807, 2.05) is 26.8 Å². The Hall–Kier alpha value is -1.07. The van der Waals surface area contributed by atoms with Crippen LogP contribution in [0.15, 0.2) is 12.3 Å². The van der Waals surface area contributed by atoms with E-state index in [0.29, 0.717) is 6.54 Å². The average Bonchev–Trinajstić information content (AvgIpc) is 2.68. The molecule has 0 aromatic carbocycles. The number of aromatic nitrogens is 2. The Kier molecular flexibility index (Phi) is 6.83. The van der Waals surface area contributed by atoms with Crippen LogP contribution in [-0.4, -0.2) is 29.2 Å². The van der Waals surface area contributed by atoms with Gasteiger partial charge in [-0.05, 0) is 6.07 Å². The highest BCUT2D eigenvalue weighted by Crippen LogP contribution is 2.11. The molecule has 0 bridgehead atoms. The first-order valence-corrected chi connectivity index (χ1v) is 5.47. The second-order valence-corrected chi connectivity index (χ2v) is 4.76. The predicted octanol–water partition coefficient (Wildman–Crippen LogP) is 1.08. The van der Waals surface area contributed by atoms with Gasteiger partial charge in [0.25, 0.3) is 0 Å². The molecule has 1 amide bonds. The zero-order chi connectivity index (χ0) is 12.0. The Bertz CT molecular complexity index is 319. The second-order valence-electron chi connectivity index (χ2n) is 4.76. The molecule has 3 N–H and O–H groups in total. The zero-order valence-electron chi connectivity index (χ0n) is 10.5. The minimum atomic E-state index is -0.316. The second kappa shape index (κ2) is 7.29. The van der Waals surface area contributed by atoms with E-state index in [0.717, 1.165) is 18.8 Å². The van der Waals surface area contributed by atoms with Crippen molar-refractivity contribution in [1.82, 2.24) is 20.8 Å². The molecule has 0 atom stereocenters. The van der Waals surface area contributed by atoms with E-state index in [9.17, 15) is 4.79 Å². The number of carbonyl (C=O) groups excluding carboxylic acids is 1. The average molecular weight is 261 g/mol. The first kappa shape index (κ1) is 15.9. The summed E-state index contributed by atoms with van der Waals surface area (Å²) in [5.41, 5.74) is 0.728. The molecule has 1 aromatic heterocycles. The Labute approximate surface area is 108 Å². The van der Waals surface area contributed by atoms with Crippen LogP contribution in [0.1, 0.15) is 26.5 Å². The Morgan fingerprint density at radius 3 is 2.65 bits per heavy atom. The van der Waals surface area contributed by atoms with E-state index < -0.39 is 0 Å². The van der Waals surface area contributed by atoms with Crippen molar-refractivity contribution in [3.63, 3.8) is 0 Å². The molecule has 0 aliphatic carbocycles. The van der Waals surface area contributed by atoms with Crippen LogP contribution in [0.4, 0.5) is 0 Å². The van der Waals surface area contributed by atoms with Crippen molar-refractivity contribution in [3.8, 4) is 0 Å². The van der Waals surface area contributed by atoms with E-state index in [4.69, 9.17) is 0 Å². The van der Waals surface area contributed by atoms with Crippen molar-refractivity contribution in [2.75, 3.05) is 13.1 Å². The van der Waals surface area contributed by atoms with E-state index >= 15 is 0 Å². The lowest BCUT2D eigenvalue weighted by Gasteiger charge is -2.17. The fraction of sp³-hybridized carbons (Fsp3) is 0.636. The van der Waals surface area contributed by atoms with E-state index in [-0.39, 0.29) is 23.7 Å². The summed E-state index contributed by atoms with van der Waals surface area (Å²) in [7, 11) is 0. The summed E-state index contributed by atoms with van der Waals surface area (Å²) in [5.74, 6) is 0.0795. The van der Waals surface area contributed by atoms with Gasteiger partial charge in [-0.2, -0.15) is 5.10 Å². The van der Waals surface area contributed by atoms with Gasteiger partial charge in [0.2, 0.25) is 5.91 Å². The third kappa shape index (κ3) is 6.28. The van der Waals surface area contributed by atoms with Crippen molar-refractivity contribution in [2.45, 2.75) is 27.3 Å². The fourth-order valence-corrected chi connectivity index (χ4v) is 1.14. The quantitative estimate of drug-likeness (QED) is 0.694. The van der Waals surface area contributed by atoms with Gasteiger partial charge >= 0.3 is 0 Å². The lowest BCUT2D eigenvalue weighted by Crippen LogP contribution is -2.38. The van der Waals surface area contributed by atoms with Crippen LogP contribution < -0.4 is 10.6 Å². The number of rotatable bonds is 5. The number of carbonyl (C=O) groups is 1. The maximum absolute atomic E-state index is 11.5. The summed E-state index contributed by atoms with van der Waals surface area (Å²) in [4.78, 5) is 11.5. The molecule has 0 saturated heterocycles. The van der Waals surface area contributed by atoms with E-state index in [2.05, 4.69) is 20.8 Å². The number of nitrogens with one attached hydrogen (secondary N) is 3. The molecule has 0 aliphatic heterocycles. The number of amides is 1. The predicted molar refractivity (Wildman–Crippen MR) is 70.0 cm³/mol. The molecule has 0 saturated carbocycles. The summed E-state index contributed by atoms with van der Waals surface area (Å²) in [6, 6.07) is 1.92. The Balaban J connectivity index is 0.00000256. The Morgan fingerprint density at radius 2 is 2.12 bits per heavy atom. The molecule has 6 heteroatoms. The van der Waals surface area contributed by atoms with Crippen molar-refractivity contribution in [1.29, 1.82) is 0 Å². The number of halogens is 1. The van der Waals surface area contributed by atoms with Gasteiger partial charge in [-0.25, -0.2) is 0 Å². The minimum absolute atomic E-state index is 0. The SMILES string of the molecule is CC(C)(C)C(=O)NCCNCc1ccn[nH]1.Cl. The molecular formula is C11H21ClN4O. The van der Waals surface area contributed by atoms with Gasteiger partial charge in [-0.15, -0.1) is 12.4 Å². The highest BCUT2D eigenvalue weighted by Gasteiger charge is 2.19. The molecule has 0 radical (unpaired) electrons. The molecule has 0 spiro atoms. The molecule has 17 heavy (non-hydrogen) atoms. The van der Waals surface area contributed by atoms with E-state index in [1.54, 1.807) is 6.20 Å². The van der Waals surface area contributed by atoms with Gasteiger partial charge in [0.15, 0.2) is 0 Å². The number of nitrogens with zero attached hydrogens (tertiary/aromatic N) is 1. The first-order chi connectivity index (χ1) is 7.50. The fourth-order valence-electron chi connectivity index (χ4n) is 1.14. The number of H-pyrrole nitrogens is 1. The van der Waals surface area contributed by atoms with Crippen molar-refractivity contribution in [3.05, 3.63) is 18.0 Å². The van der Waals surface area contributed by atoms with Crippen LogP contribution in [0.5, 0.6) is 0 Å². The third-order valence-electron chi connectivity index (χ3n) is 2.14. The zero-order valence-corrected chi connectivity index (χ0v) is 11.4. The van der Waals surface area contributed by atoms with Gasteiger partial charge in [-0.3, -0.25) is 9.89 Å². The summed E-state index contributed by atoms with van der Waals surface area (Å²) >= 11 is 0. The number of hydrogen-bond donors (Lipinski definition) is 3. The Morgan fingerprint density at radius 1 is 1.41 bits per heavy atom. The minimum Gasteiger partial charge on any atom is -0.354 e. The topological polar surface area (TPSA) is 69.8 Å². The normalized spacial score (nSPS) is 10.8. The molecule has 0 unspecified atom stereocenters. The lowest BCUT2D eigenvalue weighted by molar-refractivity contribution is -0.128. The smallest absolute Gasteiger partial charge is 0.225 e. The molecule has 1 aromatic rings. The summed E-state index contributed by atoms with van der Waals surface area (Å²) in [5, 5.41) is 12.8. The van der Waals surface area contributed by atoms with Crippen molar-refractivity contribution in [2.24, 2.45) is 5.41 Å². The van der Waals surface area contributed by atoms with Crippen LogP contribution in [0.2, 0.25) is 0 Å². The molecule has 1 rings (SSSR count). The largest absolute Gasteiger partial charge is 0.354 e. The summed E-state index contributed by atoms with van der Waals surface area (Å²) < 4.78 is 0. The van der Waals surface area contributed by atoms with Crippen molar-refractivity contribution >= 4 is 18.3 Å². The maximum atomic E-state index is 11.5.